The van der Waals surface area contributed by atoms with Gasteiger partial charge in [-0.05, 0) is 32.4 Å². The van der Waals surface area contributed by atoms with Gasteiger partial charge in [-0.2, -0.15) is 4.91 Å². The highest BCUT2D eigenvalue weighted by Crippen LogP contribution is 2.04. The molecule has 16 heavy (non-hydrogen) atoms. The smallest absolute Gasteiger partial charge is 0.0811 e. The summed E-state index contributed by atoms with van der Waals surface area (Å²) in [5.74, 6) is 0. The summed E-state index contributed by atoms with van der Waals surface area (Å²) in [5, 5.41) is 6.03. The summed E-state index contributed by atoms with van der Waals surface area (Å²) in [4.78, 5) is 9.52. The van der Waals surface area contributed by atoms with Crippen molar-refractivity contribution in [3.05, 3.63) is 4.91 Å². The van der Waals surface area contributed by atoms with Gasteiger partial charge in [0.15, 0.2) is 0 Å². The van der Waals surface area contributed by atoms with E-state index < -0.39 is 0 Å². The second kappa shape index (κ2) is 12.6. The highest BCUT2D eigenvalue weighted by Gasteiger charge is 2.09. The number of ether oxygens (including phenoxy) is 1. The highest BCUT2D eigenvalue weighted by molar-refractivity contribution is 4.66. The standard InChI is InChI=1S/2C6H13NO/c1-8-6-2-4-7-5-3-6;1-2-3-4-5-6-7-8/h6-7H,2-5H2,1H3;2-6H2,1H3. The number of nitrogens with zero attached hydrogens (tertiary/aromatic N) is 1. The van der Waals surface area contributed by atoms with Crippen LogP contribution in [-0.2, 0) is 4.74 Å². The third-order valence-corrected chi connectivity index (χ3v) is 2.72. The summed E-state index contributed by atoms with van der Waals surface area (Å²) in [6.45, 7) is 4.89. The van der Waals surface area contributed by atoms with Crippen molar-refractivity contribution in [1.82, 2.24) is 5.32 Å². The molecular formula is C12H26N2O2. The summed E-state index contributed by atoms with van der Waals surface area (Å²) in [7, 11) is 1.79. The van der Waals surface area contributed by atoms with Gasteiger partial charge in [0.25, 0.3) is 0 Å². The molecule has 1 aliphatic heterocycles. The molecule has 0 atom stereocenters. The lowest BCUT2D eigenvalue weighted by Crippen LogP contribution is -2.31. The molecule has 96 valence electrons. The first kappa shape index (κ1) is 15.5. The van der Waals surface area contributed by atoms with E-state index in [1.165, 1.54) is 25.7 Å². The van der Waals surface area contributed by atoms with Gasteiger partial charge >= 0.3 is 0 Å². The van der Waals surface area contributed by atoms with E-state index in [1.54, 1.807) is 7.11 Å². The van der Waals surface area contributed by atoms with Gasteiger partial charge in [-0.1, -0.05) is 31.4 Å². The lowest BCUT2D eigenvalue weighted by Gasteiger charge is -2.20. The van der Waals surface area contributed by atoms with Gasteiger partial charge in [0, 0.05) is 7.11 Å². The third kappa shape index (κ3) is 10.1. The molecule has 0 aromatic heterocycles. The van der Waals surface area contributed by atoms with Gasteiger partial charge in [-0.25, -0.2) is 0 Å². The summed E-state index contributed by atoms with van der Waals surface area (Å²) >= 11 is 0. The Kier molecular flexibility index (Phi) is 12.2. The largest absolute Gasteiger partial charge is 0.381 e. The Labute approximate surface area is 99.1 Å². The maximum absolute atomic E-state index is 9.52. The monoisotopic (exact) mass is 230 g/mol. The summed E-state index contributed by atoms with van der Waals surface area (Å²) in [6, 6.07) is 0. The molecule has 1 N–H and O–H groups in total. The minimum absolute atomic E-state index is 0.500. The molecule has 1 fully saturated rings. The molecule has 4 nitrogen and oxygen atoms in total. The molecule has 0 bridgehead atoms. The lowest BCUT2D eigenvalue weighted by molar-refractivity contribution is 0.0765. The maximum Gasteiger partial charge on any atom is 0.0811 e. The first-order valence-electron chi connectivity index (χ1n) is 6.37. The van der Waals surface area contributed by atoms with Crippen LogP contribution in [0, 0.1) is 4.91 Å². The van der Waals surface area contributed by atoms with Crippen LogP contribution in [0.1, 0.15) is 45.4 Å². The molecule has 0 radical (unpaired) electrons. The van der Waals surface area contributed by atoms with E-state index in [4.69, 9.17) is 4.74 Å². The van der Waals surface area contributed by atoms with Crippen molar-refractivity contribution < 1.29 is 4.74 Å². The van der Waals surface area contributed by atoms with E-state index in [-0.39, 0.29) is 0 Å². The number of nitroso groups, excluding NO2 is 1. The summed E-state index contributed by atoms with van der Waals surface area (Å²) < 4.78 is 5.15. The van der Waals surface area contributed by atoms with Crippen molar-refractivity contribution >= 4 is 0 Å². The van der Waals surface area contributed by atoms with Crippen molar-refractivity contribution in [2.45, 2.75) is 51.6 Å². The summed E-state index contributed by atoms with van der Waals surface area (Å²) in [5.41, 5.74) is 0. The topological polar surface area (TPSA) is 50.7 Å². The van der Waals surface area contributed by atoms with Crippen LogP contribution in [-0.4, -0.2) is 32.8 Å². The Bertz CT molecular complexity index is 148. The molecule has 1 rings (SSSR count). The molecular weight excluding hydrogens is 204 g/mol. The minimum Gasteiger partial charge on any atom is -0.381 e. The molecule has 0 spiro atoms. The SMILES string of the molecule is CCCCCCN=O.COC1CCNCC1. The number of unbranched alkanes of at least 4 members (excludes halogenated alkanes) is 3. The van der Waals surface area contributed by atoms with Gasteiger partial charge in [0.1, 0.15) is 0 Å². The molecule has 0 unspecified atom stereocenters. The zero-order valence-electron chi connectivity index (χ0n) is 10.7. The lowest BCUT2D eigenvalue weighted by atomic mass is 10.1. The fourth-order valence-electron chi connectivity index (χ4n) is 1.63. The second-order valence-corrected chi connectivity index (χ2v) is 4.10. The molecule has 0 saturated carbocycles. The predicted molar refractivity (Wildman–Crippen MR) is 67.7 cm³/mol. The normalized spacial score (nSPS) is 16.4. The molecule has 1 saturated heterocycles. The fourth-order valence-corrected chi connectivity index (χ4v) is 1.63. The number of nitrogens with one attached hydrogen (secondary N) is 1. The molecule has 0 aliphatic carbocycles. The van der Waals surface area contributed by atoms with Crippen LogP contribution in [0.2, 0.25) is 0 Å². The number of hydrogen-bond donors (Lipinski definition) is 1. The van der Waals surface area contributed by atoms with E-state index in [0.29, 0.717) is 12.6 Å². The van der Waals surface area contributed by atoms with Gasteiger partial charge < -0.3 is 10.1 Å². The third-order valence-electron chi connectivity index (χ3n) is 2.72. The van der Waals surface area contributed by atoms with Gasteiger partial charge in [-0.15, -0.1) is 0 Å². The van der Waals surface area contributed by atoms with Crippen LogP contribution in [0.25, 0.3) is 0 Å². The highest BCUT2D eigenvalue weighted by atomic mass is 16.5. The molecule has 0 aromatic rings. The molecule has 1 aliphatic rings. The van der Waals surface area contributed by atoms with Crippen LogP contribution in [0.5, 0.6) is 0 Å². The second-order valence-electron chi connectivity index (χ2n) is 4.10. The van der Waals surface area contributed by atoms with Crippen molar-refractivity contribution in [1.29, 1.82) is 0 Å². The van der Waals surface area contributed by atoms with E-state index in [1.807, 2.05) is 0 Å². The van der Waals surface area contributed by atoms with Crippen LogP contribution in [0.3, 0.4) is 0 Å². The first-order chi connectivity index (χ1) is 7.85. The first-order valence-corrected chi connectivity index (χ1v) is 6.37. The Morgan fingerprint density at radius 2 is 1.94 bits per heavy atom. The van der Waals surface area contributed by atoms with Gasteiger partial charge in [0.2, 0.25) is 0 Å². The average Bonchev–Trinajstić information content (AvgIpc) is 2.36. The molecule has 4 heteroatoms. The Morgan fingerprint density at radius 1 is 1.25 bits per heavy atom. The fraction of sp³-hybridized carbons (Fsp3) is 1.00. The Morgan fingerprint density at radius 3 is 2.38 bits per heavy atom. The van der Waals surface area contributed by atoms with Crippen LogP contribution in [0.4, 0.5) is 0 Å². The quantitative estimate of drug-likeness (QED) is 0.564. The number of rotatable bonds is 6. The van der Waals surface area contributed by atoms with E-state index in [0.717, 1.165) is 25.9 Å². The van der Waals surface area contributed by atoms with Crippen molar-refractivity contribution in [2.24, 2.45) is 5.18 Å². The number of hydrogen-bond acceptors (Lipinski definition) is 4. The van der Waals surface area contributed by atoms with Gasteiger partial charge in [0.05, 0.1) is 12.6 Å². The molecule has 1 heterocycles. The van der Waals surface area contributed by atoms with Crippen molar-refractivity contribution in [2.75, 3.05) is 26.7 Å². The summed E-state index contributed by atoms with van der Waals surface area (Å²) in [6.07, 6.45) is 7.46. The van der Waals surface area contributed by atoms with E-state index in [2.05, 4.69) is 17.4 Å². The van der Waals surface area contributed by atoms with E-state index >= 15 is 0 Å². The minimum atomic E-state index is 0.500. The number of methoxy groups -OCH3 is 1. The Hall–Kier alpha value is -0.480. The van der Waals surface area contributed by atoms with Crippen LogP contribution < -0.4 is 5.32 Å². The van der Waals surface area contributed by atoms with E-state index in [9.17, 15) is 4.91 Å². The average molecular weight is 230 g/mol. The molecule has 0 amide bonds. The van der Waals surface area contributed by atoms with Crippen LogP contribution in [0.15, 0.2) is 5.18 Å². The van der Waals surface area contributed by atoms with Crippen molar-refractivity contribution in [3.63, 3.8) is 0 Å². The maximum atomic E-state index is 9.52. The number of piperidine rings is 1. The Balaban J connectivity index is 0.000000281. The zero-order chi connectivity index (χ0) is 12.1. The van der Waals surface area contributed by atoms with Gasteiger partial charge in [-0.3, -0.25) is 0 Å². The van der Waals surface area contributed by atoms with Crippen molar-refractivity contribution in [3.8, 4) is 0 Å². The molecule has 0 aromatic carbocycles. The zero-order valence-corrected chi connectivity index (χ0v) is 10.7. The van der Waals surface area contributed by atoms with Crippen LogP contribution >= 0.6 is 0 Å². The predicted octanol–water partition coefficient (Wildman–Crippen LogP) is 2.72.